The van der Waals surface area contributed by atoms with Gasteiger partial charge in [-0.15, -0.1) is 0 Å². The molecule has 98 valence electrons. The van der Waals surface area contributed by atoms with Gasteiger partial charge >= 0.3 is 5.97 Å². The first-order valence-corrected chi connectivity index (χ1v) is 6.67. The highest BCUT2D eigenvalue weighted by molar-refractivity contribution is 5.87. The van der Waals surface area contributed by atoms with Crippen LogP contribution in [-0.2, 0) is 6.42 Å². The molecule has 1 aromatic heterocycles. The van der Waals surface area contributed by atoms with E-state index in [9.17, 15) is 4.79 Å². The van der Waals surface area contributed by atoms with Crippen LogP contribution in [0.1, 0.15) is 48.2 Å². The highest BCUT2D eigenvalue weighted by Crippen LogP contribution is 2.17. The summed E-state index contributed by atoms with van der Waals surface area (Å²) in [6.45, 7) is 0.876. The Morgan fingerprint density at radius 2 is 2.17 bits per heavy atom. The molecule has 0 bridgehead atoms. The number of rotatable bonds is 5. The zero-order chi connectivity index (χ0) is 12.8. The van der Waals surface area contributed by atoms with Crippen molar-refractivity contribution >= 4 is 5.97 Å². The first kappa shape index (κ1) is 13.0. The minimum atomic E-state index is -0.890. The molecule has 1 aliphatic carbocycles. The second-order valence-corrected chi connectivity index (χ2v) is 4.88. The van der Waals surface area contributed by atoms with Gasteiger partial charge in [0.05, 0.1) is 5.56 Å². The van der Waals surface area contributed by atoms with Crippen LogP contribution in [0.5, 0.6) is 0 Å². The van der Waals surface area contributed by atoms with E-state index in [4.69, 9.17) is 5.11 Å². The molecule has 4 heteroatoms. The van der Waals surface area contributed by atoms with Gasteiger partial charge in [-0.25, -0.2) is 4.79 Å². The van der Waals surface area contributed by atoms with Crippen molar-refractivity contribution in [1.29, 1.82) is 0 Å². The number of aromatic carboxylic acids is 1. The highest BCUT2D eigenvalue weighted by atomic mass is 16.4. The summed E-state index contributed by atoms with van der Waals surface area (Å²) in [6, 6.07) is 3.83. The Bertz CT molecular complexity index is 401. The van der Waals surface area contributed by atoms with Crippen molar-refractivity contribution in [3.8, 4) is 0 Å². The van der Waals surface area contributed by atoms with Gasteiger partial charge < -0.3 is 10.4 Å². The maximum absolute atomic E-state index is 10.8. The largest absolute Gasteiger partial charge is 0.478 e. The van der Waals surface area contributed by atoms with Crippen LogP contribution in [0.25, 0.3) is 0 Å². The average molecular weight is 248 g/mol. The molecule has 0 amide bonds. The summed E-state index contributed by atoms with van der Waals surface area (Å²) in [7, 11) is 0. The van der Waals surface area contributed by atoms with Gasteiger partial charge in [0.2, 0.25) is 0 Å². The van der Waals surface area contributed by atoms with E-state index in [1.165, 1.54) is 38.2 Å². The molecule has 0 saturated heterocycles. The molecule has 0 unspecified atom stereocenters. The van der Waals surface area contributed by atoms with Gasteiger partial charge in [0.25, 0.3) is 0 Å². The van der Waals surface area contributed by atoms with Gasteiger partial charge in [-0.1, -0.05) is 19.3 Å². The first-order valence-electron chi connectivity index (χ1n) is 6.67. The maximum Gasteiger partial charge on any atom is 0.335 e. The van der Waals surface area contributed by atoms with Crippen molar-refractivity contribution in [1.82, 2.24) is 10.3 Å². The average Bonchev–Trinajstić information content (AvgIpc) is 2.40. The number of nitrogens with one attached hydrogen (secondary N) is 1. The summed E-state index contributed by atoms with van der Waals surface area (Å²) in [5.74, 6) is -0.890. The normalized spacial score (nSPS) is 16.7. The molecule has 0 radical (unpaired) electrons. The Labute approximate surface area is 107 Å². The van der Waals surface area contributed by atoms with Crippen molar-refractivity contribution in [2.75, 3.05) is 6.54 Å². The van der Waals surface area contributed by atoms with Gasteiger partial charge in [-0.2, -0.15) is 0 Å². The van der Waals surface area contributed by atoms with Crippen LogP contribution < -0.4 is 5.32 Å². The van der Waals surface area contributed by atoms with Crippen LogP contribution in [0.3, 0.4) is 0 Å². The minimum Gasteiger partial charge on any atom is -0.478 e. The first-order chi connectivity index (χ1) is 8.75. The molecule has 1 saturated carbocycles. The fourth-order valence-corrected chi connectivity index (χ4v) is 2.46. The van der Waals surface area contributed by atoms with Crippen LogP contribution in [0, 0.1) is 0 Å². The second-order valence-electron chi connectivity index (χ2n) is 4.88. The lowest BCUT2D eigenvalue weighted by atomic mass is 9.95. The molecule has 1 fully saturated rings. The van der Waals surface area contributed by atoms with Crippen molar-refractivity contribution in [3.05, 3.63) is 29.6 Å². The quantitative estimate of drug-likeness (QED) is 0.839. The van der Waals surface area contributed by atoms with Crippen LogP contribution in [0.4, 0.5) is 0 Å². The molecule has 1 aromatic rings. The molecular formula is C14H20N2O2. The van der Waals surface area contributed by atoms with E-state index in [1.807, 2.05) is 0 Å². The van der Waals surface area contributed by atoms with Crippen molar-refractivity contribution in [3.63, 3.8) is 0 Å². The Morgan fingerprint density at radius 1 is 1.39 bits per heavy atom. The molecular weight excluding hydrogens is 228 g/mol. The molecule has 1 aliphatic rings. The minimum absolute atomic E-state index is 0.317. The van der Waals surface area contributed by atoms with Gasteiger partial charge in [0.1, 0.15) is 0 Å². The number of carboxylic acid groups (broad SMARTS) is 1. The molecule has 0 spiro atoms. The lowest BCUT2D eigenvalue weighted by Gasteiger charge is -2.22. The number of carbonyl (C=O) groups is 1. The van der Waals surface area contributed by atoms with E-state index < -0.39 is 5.97 Å². The summed E-state index contributed by atoms with van der Waals surface area (Å²) >= 11 is 0. The molecule has 1 heterocycles. The third kappa shape index (κ3) is 3.81. The van der Waals surface area contributed by atoms with Gasteiger partial charge in [-0.3, -0.25) is 4.98 Å². The van der Waals surface area contributed by atoms with Crippen molar-refractivity contribution < 1.29 is 9.90 Å². The summed E-state index contributed by atoms with van der Waals surface area (Å²) in [5, 5.41) is 12.4. The van der Waals surface area contributed by atoms with Crippen LogP contribution in [-0.4, -0.2) is 28.6 Å². The Kier molecular flexibility index (Phi) is 4.70. The fourth-order valence-electron chi connectivity index (χ4n) is 2.46. The lowest BCUT2D eigenvalue weighted by Crippen LogP contribution is -2.32. The third-order valence-corrected chi connectivity index (χ3v) is 3.48. The molecule has 18 heavy (non-hydrogen) atoms. The van der Waals surface area contributed by atoms with E-state index in [0.29, 0.717) is 11.6 Å². The van der Waals surface area contributed by atoms with Crippen molar-refractivity contribution in [2.24, 2.45) is 0 Å². The second kappa shape index (κ2) is 6.50. The predicted molar refractivity (Wildman–Crippen MR) is 69.8 cm³/mol. The number of pyridine rings is 1. The van der Waals surface area contributed by atoms with Crippen LogP contribution in [0.15, 0.2) is 18.3 Å². The van der Waals surface area contributed by atoms with E-state index in [0.717, 1.165) is 18.7 Å². The van der Waals surface area contributed by atoms with Crippen molar-refractivity contribution in [2.45, 2.75) is 44.6 Å². The van der Waals surface area contributed by atoms with E-state index in [1.54, 1.807) is 12.3 Å². The molecule has 0 atom stereocenters. The molecule has 0 aliphatic heterocycles. The number of hydrogen-bond donors (Lipinski definition) is 2. The third-order valence-electron chi connectivity index (χ3n) is 3.48. The zero-order valence-corrected chi connectivity index (χ0v) is 10.6. The van der Waals surface area contributed by atoms with Crippen LogP contribution >= 0.6 is 0 Å². The molecule has 0 aromatic carbocycles. The summed E-state index contributed by atoms with van der Waals surface area (Å²) in [4.78, 5) is 15.0. The number of aromatic nitrogens is 1. The molecule has 2 rings (SSSR count). The number of carboxylic acids is 1. The molecule has 4 nitrogen and oxygen atoms in total. The van der Waals surface area contributed by atoms with Crippen LogP contribution in [0.2, 0.25) is 0 Å². The highest BCUT2D eigenvalue weighted by Gasteiger charge is 2.12. The van der Waals surface area contributed by atoms with E-state index in [2.05, 4.69) is 10.3 Å². The fraction of sp³-hybridized carbons (Fsp3) is 0.571. The summed E-state index contributed by atoms with van der Waals surface area (Å²) in [6.07, 6.45) is 8.90. The van der Waals surface area contributed by atoms with Gasteiger partial charge in [-0.05, 0) is 25.0 Å². The lowest BCUT2D eigenvalue weighted by molar-refractivity contribution is 0.0696. The van der Waals surface area contributed by atoms with E-state index >= 15 is 0 Å². The van der Waals surface area contributed by atoms with Gasteiger partial charge in [0, 0.05) is 30.9 Å². The smallest absolute Gasteiger partial charge is 0.335 e. The van der Waals surface area contributed by atoms with E-state index in [-0.39, 0.29) is 0 Å². The Hall–Kier alpha value is -1.42. The Balaban J connectivity index is 1.78. The standard InChI is InChI=1S/C14H20N2O2/c17-14(18)11-6-8-16-13(10-11)7-9-15-12-4-2-1-3-5-12/h6,8,10,12,15H,1-5,7,9H2,(H,17,18). The van der Waals surface area contributed by atoms with Gasteiger partial charge in [0.15, 0.2) is 0 Å². The number of hydrogen-bond acceptors (Lipinski definition) is 3. The SMILES string of the molecule is O=C(O)c1ccnc(CCNC2CCCCC2)c1. The molecule has 2 N–H and O–H groups in total. The topological polar surface area (TPSA) is 62.2 Å². The predicted octanol–water partition coefficient (Wildman–Crippen LogP) is 2.24. The summed E-state index contributed by atoms with van der Waals surface area (Å²) < 4.78 is 0. The Morgan fingerprint density at radius 3 is 2.89 bits per heavy atom. The number of nitrogens with zero attached hydrogens (tertiary/aromatic N) is 1. The monoisotopic (exact) mass is 248 g/mol. The zero-order valence-electron chi connectivity index (χ0n) is 10.6. The summed E-state index contributed by atoms with van der Waals surface area (Å²) in [5.41, 5.74) is 1.16. The maximum atomic E-state index is 10.8.